The van der Waals surface area contributed by atoms with Gasteiger partial charge < -0.3 is 19.5 Å². The molecule has 9 heteroatoms. The summed E-state index contributed by atoms with van der Waals surface area (Å²) in [6, 6.07) is 6.57. The summed E-state index contributed by atoms with van der Waals surface area (Å²) in [6.07, 6.45) is 2.47. The number of anilines is 2. The molecule has 0 spiro atoms. The summed E-state index contributed by atoms with van der Waals surface area (Å²) < 4.78 is 24.1. The molecule has 8 nitrogen and oxygen atoms in total. The molecule has 1 atom stereocenters. The lowest BCUT2D eigenvalue weighted by Crippen LogP contribution is -2.42. The minimum atomic E-state index is -0.394. The summed E-state index contributed by atoms with van der Waals surface area (Å²) in [5, 5.41) is 7.13. The van der Waals surface area contributed by atoms with Gasteiger partial charge in [-0.15, -0.1) is 0 Å². The van der Waals surface area contributed by atoms with Crippen LogP contribution in [0.4, 0.5) is 15.9 Å². The SMILES string of the molecule is Cc1onc(C(C)C)c1C(=O)N1CCO[C@H](c2ccc(Nc3ccc(F)cn3)cn2)C1. The monoisotopic (exact) mass is 425 g/mol. The van der Waals surface area contributed by atoms with Gasteiger partial charge in [0.25, 0.3) is 5.91 Å². The summed E-state index contributed by atoms with van der Waals surface area (Å²) in [7, 11) is 0. The van der Waals surface area contributed by atoms with Crippen LogP contribution in [0.3, 0.4) is 0 Å². The normalized spacial score (nSPS) is 16.5. The highest BCUT2D eigenvalue weighted by Gasteiger charge is 2.31. The highest BCUT2D eigenvalue weighted by molar-refractivity contribution is 5.96. The van der Waals surface area contributed by atoms with Crippen molar-refractivity contribution < 1.29 is 18.4 Å². The molecule has 0 bridgehead atoms. The quantitative estimate of drug-likeness (QED) is 0.660. The predicted molar refractivity (Wildman–Crippen MR) is 112 cm³/mol. The van der Waals surface area contributed by atoms with Crippen LogP contribution in [0.2, 0.25) is 0 Å². The lowest BCUT2D eigenvalue weighted by molar-refractivity contribution is -0.0248. The zero-order valence-corrected chi connectivity index (χ0v) is 17.6. The van der Waals surface area contributed by atoms with Crippen molar-refractivity contribution in [2.45, 2.75) is 32.8 Å². The number of ether oxygens (including phenoxy) is 1. The second-order valence-corrected chi connectivity index (χ2v) is 7.72. The molecular formula is C22H24FN5O3. The zero-order chi connectivity index (χ0) is 22.0. The van der Waals surface area contributed by atoms with E-state index in [0.717, 1.165) is 11.9 Å². The van der Waals surface area contributed by atoms with Gasteiger partial charge in [0, 0.05) is 6.54 Å². The Morgan fingerprint density at radius 2 is 2.06 bits per heavy atom. The van der Waals surface area contributed by atoms with E-state index in [1.807, 2.05) is 26.0 Å². The van der Waals surface area contributed by atoms with E-state index in [2.05, 4.69) is 20.4 Å². The van der Waals surface area contributed by atoms with Gasteiger partial charge in [-0.05, 0) is 37.1 Å². The zero-order valence-electron chi connectivity index (χ0n) is 17.6. The first kappa shape index (κ1) is 20.9. The standard InChI is InChI=1S/C22H24FN5O3/c1-13(2)21-20(14(3)31-27-21)22(29)28-8-9-30-18(12-28)17-6-5-16(11-24-17)26-19-7-4-15(23)10-25-19/h4-7,10-11,13,18H,8-9,12H2,1-3H3,(H,25,26)/t18-/m0/s1. The fourth-order valence-corrected chi connectivity index (χ4v) is 3.48. The van der Waals surface area contributed by atoms with Crippen LogP contribution in [-0.2, 0) is 4.74 Å². The molecule has 3 aromatic rings. The maximum Gasteiger partial charge on any atom is 0.259 e. The van der Waals surface area contributed by atoms with Crippen LogP contribution < -0.4 is 5.32 Å². The Labute approximate surface area is 179 Å². The lowest BCUT2D eigenvalue weighted by Gasteiger charge is -2.32. The Morgan fingerprint density at radius 3 is 2.74 bits per heavy atom. The Hall–Kier alpha value is -3.33. The number of pyridine rings is 2. The van der Waals surface area contributed by atoms with Gasteiger partial charge >= 0.3 is 0 Å². The Morgan fingerprint density at radius 1 is 1.23 bits per heavy atom. The van der Waals surface area contributed by atoms with Crippen LogP contribution in [0.25, 0.3) is 0 Å². The van der Waals surface area contributed by atoms with Crippen molar-refractivity contribution in [1.29, 1.82) is 0 Å². The average molecular weight is 425 g/mol. The number of hydrogen-bond donors (Lipinski definition) is 1. The molecule has 0 unspecified atom stereocenters. The molecule has 0 aromatic carbocycles. The molecule has 1 N–H and O–H groups in total. The van der Waals surface area contributed by atoms with E-state index in [9.17, 15) is 9.18 Å². The highest BCUT2D eigenvalue weighted by atomic mass is 19.1. The van der Waals surface area contributed by atoms with Crippen molar-refractivity contribution in [1.82, 2.24) is 20.0 Å². The summed E-state index contributed by atoms with van der Waals surface area (Å²) in [5.41, 5.74) is 2.65. The van der Waals surface area contributed by atoms with Gasteiger partial charge in [0.1, 0.15) is 29.1 Å². The topological polar surface area (TPSA) is 93.4 Å². The third-order valence-corrected chi connectivity index (χ3v) is 5.12. The van der Waals surface area contributed by atoms with E-state index >= 15 is 0 Å². The third kappa shape index (κ3) is 4.56. The molecule has 0 saturated carbocycles. The average Bonchev–Trinajstić information content (AvgIpc) is 3.17. The van der Waals surface area contributed by atoms with Crippen molar-refractivity contribution in [2.75, 3.05) is 25.0 Å². The van der Waals surface area contributed by atoms with E-state index in [1.165, 1.54) is 6.07 Å². The second kappa shape index (κ2) is 8.81. The number of halogens is 1. The van der Waals surface area contributed by atoms with Crippen LogP contribution in [0.1, 0.15) is 53.4 Å². The van der Waals surface area contributed by atoms with E-state index in [-0.39, 0.29) is 17.9 Å². The number of aryl methyl sites for hydroxylation is 1. The number of aromatic nitrogens is 3. The van der Waals surface area contributed by atoms with Crippen LogP contribution in [0.15, 0.2) is 41.2 Å². The smallest absolute Gasteiger partial charge is 0.259 e. The number of nitrogens with one attached hydrogen (secondary N) is 1. The molecule has 4 rings (SSSR count). The predicted octanol–water partition coefficient (Wildman–Crippen LogP) is 3.99. The van der Waals surface area contributed by atoms with Crippen molar-refractivity contribution in [2.24, 2.45) is 0 Å². The molecule has 1 fully saturated rings. The van der Waals surface area contributed by atoms with Gasteiger partial charge in [0.15, 0.2) is 0 Å². The maximum atomic E-state index is 13.2. The van der Waals surface area contributed by atoms with Crippen LogP contribution >= 0.6 is 0 Å². The number of amides is 1. The van der Waals surface area contributed by atoms with Gasteiger partial charge in [0.2, 0.25) is 0 Å². The maximum absolute atomic E-state index is 13.2. The van der Waals surface area contributed by atoms with E-state index in [0.29, 0.717) is 48.2 Å². The molecule has 1 amide bonds. The number of rotatable bonds is 5. The fourth-order valence-electron chi connectivity index (χ4n) is 3.48. The van der Waals surface area contributed by atoms with Gasteiger partial charge in [-0.25, -0.2) is 9.37 Å². The molecule has 1 aliphatic heterocycles. The first-order valence-electron chi connectivity index (χ1n) is 10.1. The summed E-state index contributed by atoms with van der Waals surface area (Å²) in [4.78, 5) is 23.4. The number of hydrogen-bond acceptors (Lipinski definition) is 7. The van der Waals surface area contributed by atoms with E-state index in [4.69, 9.17) is 9.26 Å². The Kier molecular flexibility index (Phi) is 5.94. The minimum Gasteiger partial charge on any atom is -0.368 e. The Balaban J connectivity index is 1.45. The molecule has 31 heavy (non-hydrogen) atoms. The van der Waals surface area contributed by atoms with Crippen molar-refractivity contribution in [3.63, 3.8) is 0 Å². The van der Waals surface area contributed by atoms with Gasteiger partial charge in [-0.3, -0.25) is 9.78 Å². The molecule has 0 aliphatic carbocycles. The molecule has 1 aliphatic rings. The number of carbonyl (C=O) groups is 1. The first-order valence-corrected chi connectivity index (χ1v) is 10.1. The molecule has 162 valence electrons. The van der Waals surface area contributed by atoms with E-state index in [1.54, 1.807) is 24.1 Å². The number of nitrogens with zero attached hydrogens (tertiary/aromatic N) is 4. The van der Waals surface area contributed by atoms with Crippen LogP contribution in [0.5, 0.6) is 0 Å². The van der Waals surface area contributed by atoms with Crippen molar-refractivity contribution >= 4 is 17.4 Å². The van der Waals surface area contributed by atoms with Crippen LogP contribution in [-0.4, -0.2) is 45.6 Å². The summed E-state index contributed by atoms with van der Waals surface area (Å²) in [5.74, 6) is 0.642. The molecule has 0 radical (unpaired) electrons. The van der Waals surface area contributed by atoms with E-state index < -0.39 is 5.82 Å². The number of morpholine rings is 1. The molecular weight excluding hydrogens is 401 g/mol. The van der Waals surface area contributed by atoms with Crippen molar-refractivity contribution in [3.05, 3.63) is 65.2 Å². The Bertz CT molecular complexity index is 1050. The highest BCUT2D eigenvalue weighted by Crippen LogP contribution is 2.27. The first-order chi connectivity index (χ1) is 14.9. The summed E-state index contributed by atoms with van der Waals surface area (Å²) >= 11 is 0. The molecule has 1 saturated heterocycles. The fraction of sp³-hybridized carbons (Fsp3) is 0.364. The molecule has 3 aromatic heterocycles. The van der Waals surface area contributed by atoms with Gasteiger partial charge in [0.05, 0.1) is 42.6 Å². The van der Waals surface area contributed by atoms with Gasteiger partial charge in [-0.1, -0.05) is 19.0 Å². The lowest BCUT2D eigenvalue weighted by atomic mass is 10.0. The van der Waals surface area contributed by atoms with Crippen LogP contribution in [0, 0.1) is 12.7 Å². The minimum absolute atomic E-state index is 0.0885. The summed E-state index contributed by atoms with van der Waals surface area (Å²) in [6.45, 7) is 7.02. The largest absolute Gasteiger partial charge is 0.368 e. The van der Waals surface area contributed by atoms with Crippen molar-refractivity contribution in [3.8, 4) is 0 Å². The number of carbonyl (C=O) groups excluding carboxylic acids is 1. The van der Waals surface area contributed by atoms with Gasteiger partial charge in [-0.2, -0.15) is 0 Å². The molecule has 4 heterocycles. The second-order valence-electron chi connectivity index (χ2n) is 7.72. The third-order valence-electron chi connectivity index (χ3n) is 5.12.